The third-order valence-corrected chi connectivity index (χ3v) is 6.24. The van der Waals surface area contributed by atoms with E-state index in [1.807, 2.05) is 52.8 Å². The number of rotatable bonds is 5. The molecule has 0 N–H and O–H groups in total. The Bertz CT molecular complexity index is 865. The van der Waals surface area contributed by atoms with Gasteiger partial charge < -0.3 is 9.47 Å². The lowest BCUT2D eigenvalue weighted by Gasteiger charge is -2.16. The van der Waals surface area contributed by atoms with Gasteiger partial charge in [-0.3, -0.25) is 0 Å². The molecule has 0 aromatic heterocycles. The molecule has 1 atom stereocenters. The van der Waals surface area contributed by atoms with Crippen molar-refractivity contribution >= 4 is 14.7 Å². The van der Waals surface area contributed by atoms with E-state index in [0.717, 1.165) is 18.4 Å². The maximum absolute atomic E-state index is 13.3. The van der Waals surface area contributed by atoms with Gasteiger partial charge in [-0.25, -0.2) is 8.42 Å². The summed E-state index contributed by atoms with van der Waals surface area (Å²) in [6.45, 7) is 10.5. The fourth-order valence-corrected chi connectivity index (χ4v) is 4.67. The zero-order valence-electron chi connectivity index (χ0n) is 18.4. The summed E-state index contributed by atoms with van der Waals surface area (Å²) in [6.07, 6.45) is 3.34. The van der Waals surface area contributed by atoms with Crippen LogP contribution in [0.4, 0.5) is 0 Å². The first-order chi connectivity index (χ1) is 14.0. The third-order valence-electron chi connectivity index (χ3n) is 4.41. The third kappa shape index (κ3) is 6.18. The van der Waals surface area contributed by atoms with Gasteiger partial charge in [-0.05, 0) is 55.2 Å². The smallest absolute Gasteiger partial charge is 0.206 e. The molecule has 0 amide bonds. The van der Waals surface area contributed by atoms with Crippen LogP contribution in [0.3, 0.4) is 0 Å². The maximum atomic E-state index is 13.3. The van der Waals surface area contributed by atoms with Crippen LogP contribution in [0, 0.1) is 6.92 Å². The Morgan fingerprint density at radius 2 is 1.69 bits per heavy atom. The van der Waals surface area contributed by atoms with E-state index in [1.165, 1.54) is 0 Å². The lowest BCUT2D eigenvalue weighted by Crippen LogP contribution is -2.10. The first kappa shape index (κ1) is 24.9. The van der Waals surface area contributed by atoms with Crippen LogP contribution in [0.2, 0.25) is 0 Å². The fourth-order valence-electron chi connectivity index (χ4n) is 3.06. The predicted molar refractivity (Wildman–Crippen MR) is 121 cm³/mol. The maximum Gasteiger partial charge on any atom is 0.206 e. The van der Waals surface area contributed by atoms with Crippen LogP contribution in [-0.2, 0) is 14.6 Å². The predicted octanol–water partition coefficient (Wildman–Crippen LogP) is 6.05. The first-order valence-corrected chi connectivity index (χ1v) is 11.8. The Hall–Kier alpha value is -2.11. The molecule has 0 saturated carbocycles. The van der Waals surface area contributed by atoms with Crippen molar-refractivity contribution in [2.45, 2.75) is 58.5 Å². The van der Waals surface area contributed by atoms with E-state index in [-0.39, 0.29) is 15.9 Å². The number of benzene rings is 2. The lowest BCUT2D eigenvalue weighted by atomic mass is 10.1. The summed E-state index contributed by atoms with van der Waals surface area (Å²) < 4.78 is 37.6. The minimum Gasteiger partial charge on any atom is -0.496 e. The van der Waals surface area contributed by atoms with Crippen LogP contribution >= 0.6 is 0 Å². The SMILES string of the molecule is CC.CC.COc1cccc(/C(=C\C2CCCO2)S(=O)(=O)c2ccccc2)c1C. The van der Waals surface area contributed by atoms with Gasteiger partial charge >= 0.3 is 0 Å². The van der Waals surface area contributed by atoms with E-state index in [4.69, 9.17) is 9.47 Å². The van der Waals surface area contributed by atoms with Crippen molar-refractivity contribution in [2.24, 2.45) is 0 Å². The van der Waals surface area contributed by atoms with Gasteiger partial charge in [0.15, 0.2) is 0 Å². The highest BCUT2D eigenvalue weighted by Gasteiger charge is 2.26. The van der Waals surface area contributed by atoms with Crippen LogP contribution in [-0.4, -0.2) is 28.2 Å². The number of hydrogen-bond acceptors (Lipinski definition) is 4. The summed E-state index contributed by atoms with van der Waals surface area (Å²) in [7, 11) is -2.08. The van der Waals surface area contributed by atoms with E-state index in [0.29, 0.717) is 17.9 Å². The van der Waals surface area contributed by atoms with Crippen LogP contribution in [0.25, 0.3) is 4.91 Å². The summed E-state index contributed by atoms with van der Waals surface area (Å²) in [5.41, 5.74) is 1.45. The first-order valence-electron chi connectivity index (χ1n) is 10.3. The van der Waals surface area contributed by atoms with Crippen molar-refractivity contribution in [3.63, 3.8) is 0 Å². The van der Waals surface area contributed by atoms with Gasteiger partial charge in [0.2, 0.25) is 9.84 Å². The van der Waals surface area contributed by atoms with Gasteiger partial charge in [0, 0.05) is 6.61 Å². The van der Waals surface area contributed by atoms with Crippen molar-refractivity contribution in [3.05, 3.63) is 65.7 Å². The van der Waals surface area contributed by atoms with Crippen LogP contribution in [0.1, 0.15) is 51.7 Å². The molecule has 1 aliphatic heterocycles. The zero-order chi connectivity index (χ0) is 21.9. The topological polar surface area (TPSA) is 52.6 Å². The molecule has 3 rings (SSSR count). The molecule has 1 heterocycles. The molecule has 4 nitrogen and oxygen atoms in total. The Balaban J connectivity index is 0.000000989. The van der Waals surface area contributed by atoms with Crippen molar-refractivity contribution in [1.82, 2.24) is 0 Å². The van der Waals surface area contributed by atoms with Crippen molar-refractivity contribution in [2.75, 3.05) is 13.7 Å². The molecule has 29 heavy (non-hydrogen) atoms. The monoisotopic (exact) mass is 418 g/mol. The largest absolute Gasteiger partial charge is 0.496 e. The van der Waals surface area contributed by atoms with E-state index in [1.54, 1.807) is 43.5 Å². The van der Waals surface area contributed by atoms with Crippen molar-refractivity contribution in [1.29, 1.82) is 0 Å². The highest BCUT2D eigenvalue weighted by Crippen LogP contribution is 2.34. The molecule has 2 aromatic carbocycles. The normalized spacial score (nSPS) is 16.2. The molecular formula is C24H34O4S. The summed E-state index contributed by atoms with van der Waals surface area (Å²) >= 11 is 0. The summed E-state index contributed by atoms with van der Waals surface area (Å²) in [5, 5.41) is 0. The lowest BCUT2D eigenvalue weighted by molar-refractivity contribution is 0.146. The number of sulfone groups is 1. The molecule has 0 bridgehead atoms. The minimum atomic E-state index is -3.66. The minimum absolute atomic E-state index is 0.181. The summed E-state index contributed by atoms with van der Waals surface area (Å²) in [6, 6.07) is 14.0. The second-order valence-electron chi connectivity index (χ2n) is 6.03. The van der Waals surface area contributed by atoms with Crippen LogP contribution in [0.15, 0.2) is 59.5 Å². The molecule has 1 aliphatic rings. The molecule has 5 heteroatoms. The molecule has 1 saturated heterocycles. The highest BCUT2D eigenvalue weighted by molar-refractivity contribution is 8.00. The summed E-state index contributed by atoms with van der Waals surface area (Å²) in [5.74, 6) is 0.666. The highest BCUT2D eigenvalue weighted by atomic mass is 32.2. The van der Waals surface area contributed by atoms with Crippen molar-refractivity contribution in [3.8, 4) is 5.75 Å². The van der Waals surface area contributed by atoms with E-state index < -0.39 is 9.84 Å². The Morgan fingerprint density at radius 1 is 1.03 bits per heavy atom. The Morgan fingerprint density at radius 3 is 2.24 bits per heavy atom. The second kappa shape index (κ2) is 12.5. The van der Waals surface area contributed by atoms with E-state index in [9.17, 15) is 8.42 Å². The van der Waals surface area contributed by atoms with Crippen molar-refractivity contribution < 1.29 is 17.9 Å². The van der Waals surface area contributed by atoms with E-state index in [2.05, 4.69) is 0 Å². The molecule has 160 valence electrons. The molecule has 2 aromatic rings. The molecular weight excluding hydrogens is 384 g/mol. The van der Waals surface area contributed by atoms with Gasteiger partial charge in [-0.1, -0.05) is 58.0 Å². The van der Waals surface area contributed by atoms with Gasteiger partial charge in [0.25, 0.3) is 0 Å². The summed E-state index contributed by atoms with van der Waals surface area (Å²) in [4.78, 5) is 0.559. The number of hydrogen-bond donors (Lipinski definition) is 0. The van der Waals surface area contributed by atoms with Crippen LogP contribution in [0.5, 0.6) is 5.75 Å². The molecule has 0 radical (unpaired) electrons. The van der Waals surface area contributed by atoms with Gasteiger partial charge in [0.05, 0.1) is 23.0 Å². The average molecular weight is 419 g/mol. The molecule has 1 unspecified atom stereocenters. The van der Waals surface area contributed by atoms with Crippen LogP contribution < -0.4 is 4.74 Å². The number of ether oxygens (including phenoxy) is 2. The Kier molecular flexibility index (Phi) is 10.7. The quantitative estimate of drug-likeness (QED) is 0.593. The number of methoxy groups -OCH3 is 1. The molecule has 1 fully saturated rings. The van der Waals surface area contributed by atoms with Gasteiger partial charge in [-0.15, -0.1) is 0 Å². The Labute approximate surface area is 176 Å². The molecule has 0 spiro atoms. The van der Waals surface area contributed by atoms with Gasteiger partial charge in [0.1, 0.15) is 5.75 Å². The fraction of sp³-hybridized carbons (Fsp3) is 0.417. The van der Waals surface area contributed by atoms with Gasteiger partial charge in [-0.2, -0.15) is 0 Å². The second-order valence-corrected chi connectivity index (χ2v) is 7.95. The zero-order valence-corrected chi connectivity index (χ0v) is 19.3. The molecule has 0 aliphatic carbocycles. The average Bonchev–Trinajstić information content (AvgIpc) is 3.29. The van der Waals surface area contributed by atoms with E-state index >= 15 is 0 Å². The standard InChI is InChI=1S/C20H22O4S.2C2H6/c1-15-18(11-6-12-19(15)23-2)20(14-16-8-7-13-24-16)25(21,22)17-9-4-3-5-10-17;2*1-2/h3-6,9-12,14,16H,7-8,13H2,1-2H3;2*1-2H3/b20-14+;;.